The summed E-state index contributed by atoms with van der Waals surface area (Å²) in [6, 6.07) is 12.5. The Morgan fingerprint density at radius 1 is 1.00 bits per heavy atom. The zero-order chi connectivity index (χ0) is 27.1. The summed E-state index contributed by atoms with van der Waals surface area (Å²) >= 11 is 0. The number of halogens is 1. The molecular weight excluding hydrogens is 495 g/mol. The monoisotopic (exact) mass is 520 g/mol. The molecule has 0 atom stereocenters. The van der Waals surface area contributed by atoms with Crippen molar-refractivity contribution in [2.45, 2.75) is 27.2 Å². The molecule has 6 aromatic rings. The molecule has 0 aliphatic carbocycles. The molecule has 1 aromatic carbocycles. The molecule has 5 aromatic heterocycles. The average Bonchev–Trinajstić information content (AvgIpc) is 3.52. The van der Waals surface area contributed by atoms with Crippen molar-refractivity contribution < 1.29 is 9.18 Å². The second kappa shape index (κ2) is 9.39. The topological polar surface area (TPSA) is 125 Å². The van der Waals surface area contributed by atoms with Crippen molar-refractivity contribution in [2.75, 3.05) is 5.32 Å². The number of carbonyl (C=O) groups excluding carboxylic acids is 1. The minimum atomic E-state index is -0.487. The molecule has 5 heterocycles. The van der Waals surface area contributed by atoms with E-state index in [0.717, 1.165) is 5.52 Å². The van der Waals surface area contributed by atoms with Crippen LogP contribution in [0.2, 0.25) is 0 Å². The van der Waals surface area contributed by atoms with E-state index in [4.69, 9.17) is 4.98 Å². The molecule has 0 aliphatic heterocycles. The molecule has 0 unspecified atom stereocenters. The first kappa shape index (κ1) is 24.4. The highest BCUT2D eigenvalue weighted by molar-refractivity contribution is 5.98. The van der Waals surface area contributed by atoms with Crippen LogP contribution in [0.4, 0.5) is 10.1 Å². The van der Waals surface area contributed by atoms with Crippen molar-refractivity contribution in [1.82, 2.24) is 35.1 Å². The number of H-pyrrole nitrogens is 2. The molecule has 0 spiro atoms. The Kier molecular flexibility index (Phi) is 5.86. The van der Waals surface area contributed by atoms with Gasteiger partial charge in [-0.2, -0.15) is 5.10 Å². The van der Waals surface area contributed by atoms with E-state index in [1.54, 1.807) is 30.9 Å². The fourth-order valence-electron chi connectivity index (χ4n) is 4.52. The highest BCUT2D eigenvalue weighted by atomic mass is 19.1. The van der Waals surface area contributed by atoms with Crippen LogP contribution in [0, 0.1) is 11.2 Å². The minimum absolute atomic E-state index is 0.107. The molecule has 0 fully saturated rings. The van der Waals surface area contributed by atoms with Crippen molar-refractivity contribution in [2.24, 2.45) is 5.41 Å². The number of benzene rings is 1. The molecule has 0 aliphatic rings. The summed E-state index contributed by atoms with van der Waals surface area (Å²) in [4.78, 5) is 33.7. The van der Waals surface area contributed by atoms with Gasteiger partial charge in [0.1, 0.15) is 22.4 Å². The zero-order valence-corrected chi connectivity index (χ0v) is 21.6. The molecule has 194 valence electrons. The first-order chi connectivity index (χ1) is 18.7. The Morgan fingerprint density at radius 3 is 2.67 bits per heavy atom. The van der Waals surface area contributed by atoms with E-state index >= 15 is 4.39 Å². The van der Waals surface area contributed by atoms with Crippen LogP contribution in [-0.4, -0.2) is 41.0 Å². The SMILES string of the molecule is CC(C)(C)CC(=O)Nc1cncc(-c2cc(F)c3n[nH]c(-c4nc5c(-c6ccccn6)nccc5[nH]4)c3c2)c1. The fraction of sp³-hybridized carbons (Fsp3) is 0.172. The normalized spacial score (nSPS) is 11.8. The van der Waals surface area contributed by atoms with Gasteiger partial charge in [0.15, 0.2) is 11.6 Å². The van der Waals surface area contributed by atoms with Gasteiger partial charge in [0, 0.05) is 36.0 Å². The summed E-state index contributed by atoms with van der Waals surface area (Å²) < 4.78 is 15.2. The molecule has 0 radical (unpaired) electrons. The quantitative estimate of drug-likeness (QED) is 0.251. The van der Waals surface area contributed by atoms with E-state index in [1.165, 1.54) is 6.07 Å². The van der Waals surface area contributed by atoms with E-state index in [0.29, 0.717) is 57.0 Å². The van der Waals surface area contributed by atoms with E-state index in [1.807, 2.05) is 51.1 Å². The Balaban J connectivity index is 1.40. The number of nitrogens with one attached hydrogen (secondary N) is 3. The van der Waals surface area contributed by atoms with E-state index in [-0.39, 0.29) is 16.8 Å². The Bertz CT molecular complexity index is 1840. The standard InChI is InChI=1S/C29H25FN8O/c1-29(2,3)13-23(39)34-18-10-17(14-31-15-18)16-11-19-24(20(30)12-16)37-38-25(19)28-35-22-7-9-33-26(27(22)36-28)21-6-4-5-8-32-21/h4-12,14-15H,13H2,1-3H3,(H,34,39)(H,35,36)(H,37,38). The summed E-state index contributed by atoms with van der Waals surface area (Å²) in [7, 11) is 0. The minimum Gasteiger partial charge on any atom is -0.337 e. The third-order valence-electron chi connectivity index (χ3n) is 6.20. The lowest BCUT2D eigenvalue weighted by molar-refractivity contribution is -0.117. The number of fused-ring (bicyclic) bond motifs is 2. The van der Waals surface area contributed by atoms with Crippen LogP contribution in [0.15, 0.2) is 67.3 Å². The van der Waals surface area contributed by atoms with Gasteiger partial charge in [0.25, 0.3) is 0 Å². The van der Waals surface area contributed by atoms with E-state index in [9.17, 15) is 4.79 Å². The smallest absolute Gasteiger partial charge is 0.224 e. The van der Waals surface area contributed by atoms with Crippen LogP contribution in [-0.2, 0) is 4.79 Å². The van der Waals surface area contributed by atoms with Crippen LogP contribution in [0.3, 0.4) is 0 Å². The lowest BCUT2D eigenvalue weighted by atomic mass is 9.92. The lowest BCUT2D eigenvalue weighted by Gasteiger charge is -2.17. The fourth-order valence-corrected chi connectivity index (χ4v) is 4.52. The molecule has 9 nitrogen and oxygen atoms in total. The van der Waals surface area contributed by atoms with Gasteiger partial charge in [-0.3, -0.25) is 24.8 Å². The number of amides is 1. The van der Waals surface area contributed by atoms with Gasteiger partial charge in [0.2, 0.25) is 5.91 Å². The number of nitrogens with zero attached hydrogens (tertiary/aromatic N) is 5. The van der Waals surface area contributed by atoms with Crippen LogP contribution in [0.25, 0.3) is 56.0 Å². The molecule has 3 N–H and O–H groups in total. The van der Waals surface area contributed by atoms with Crippen molar-refractivity contribution in [3.8, 4) is 34.0 Å². The van der Waals surface area contributed by atoms with Gasteiger partial charge in [-0.25, -0.2) is 9.37 Å². The largest absolute Gasteiger partial charge is 0.337 e. The number of anilines is 1. The van der Waals surface area contributed by atoms with E-state index in [2.05, 4.69) is 35.5 Å². The third-order valence-corrected chi connectivity index (χ3v) is 6.20. The molecule has 0 bridgehead atoms. The number of hydrogen-bond donors (Lipinski definition) is 3. The van der Waals surface area contributed by atoms with Crippen molar-refractivity contribution in [1.29, 1.82) is 0 Å². The van der Waals surface area contributed by atoms with Crippen LogP contribution in [0.1, 0.15) is 27.2 Å². The first-order valence-corrected chi connectivity index (χ1v) is 12.4. The predicted molar refractivity (Wildman–Crippen MR) is 148 cm³/mol. The second-order valence-electron chi connectivity index (χ2n) is 10.6. The Labute approximate surface area is 223 Å². The second-order valence-corrected chi connectivity index (χ2v) is 10.6. The van der Waals surface area contributed by atoms with Gasteiger partial charge in [0.05, 0.1) is 23.1 Å². The summed E-state index contributed by atoms with van der Waals surface area (Å²) in [5, 5.41) is 10.6. The maximum atomic E-state index is 15.2. The summed E-state index contributed by atoms with van der Waals surface area (Å²) in [6.07, 6.45) is 6.97. The van der Waals surface area contributed by atoms with E-state index < -0.39 is 5.82 Å². The molecule has 0 saturated heterocycles. The van der Waals surface area contributed by atoms with Gasteiger partial charge >= 0.3 is 0 Å². The van der Waals surface area contributed by atoms with Gasteiger partial charge in [-0.05, 0) is 47.4 Å². The Hall–Kier alpha value is -4.99. The van der Waals surface area contributed by atoms with Crippen molar-refractivity contribution >= 4 is 33.5 Å². The molecule has 10 heteroatoms. The van der Waals surface area contributed by atoms with Crippen LogP contribution < -0.4 is 5.32 Å². The van der Waals surface area contributed by atoms with Gasteiger partial charge in [-0.1, -0.05) is 26.8 Å². The lowest BCUT2D eigenvalue weighted by Crippen LogP contribution is -2.19. The number of carbonyl (C=O) groups is 1. The van der Waals surface area contributed by atoms with Crippen LogP contribution in [0.5, 0.6) is 0 Å². The predicted octanol–water partition coefficient (Wildman–Crippen LogP) is 6.14. The molecule has 1 amide bonds. The molecule has 0 saturated carbocycles. The maximum Gasteiger partial charge on any atom is 0.224 e. The van der Waals surface area contributed by atoms with Gasteiger partial charge in [-0.15, -0.1) is 0 Å². The average molecular weight is 521 g/mol. The van der Waals surface area contributed by atoms with Crippen LogP contribution >= 0.6 is 0 Å². The number of aromatic amines is 2. The summed E-state index contributed by atoms with van der Waals surface area (Å²) in [6.45, 7) is 6.00. The summed E-state index contributed by atoms with van der Waals surface area (Å²) in [5.74, 6) is -0.0978. The maximum absolute atomic E-state index is 15.2. The number of hydrogen-bond acceptors (Lipinski definition) is 6. The highest BCUT2D eigenvalue weighted by Crippen LogP contribution is 2.34. The molecule has 6 rings (SSSR count). The Morgan fingerprint density at radius 2 is 1.87 bits per heavy atom. The number of imidazole rings is 1. The molecule has 39 heavy (non-hydrogen) atoms. The van der Waals surface area contributed by atoms with Crippen molar-refractivity contribution in [3.63, 3.8) is 0 Å². The number of pyridine rings is 3. The van der Waals surface area contributed by atoms with Gasteiger partial charge < -0.3 is 10.3 Å². The number of rotatable bonds is 5. The highest BCUT2D eigenvalue weighted by Gasteiger charge is 2.19. The number of aromatic nitrogens is 7. The third kappa shape index (κ3) is 4.84. The first-order valence-electron chi connectivity index (χ1n) is 12.4. The summed E-state index contributed by atoms with van der Waals surface area (Å²) in [5.41, 5.74) is 5.13. The zero-order valence-electron chi connectivity index (χ0n) is 21.6. The molecular formula is C29H25FN8O. The van der Waals surface area contributed by atoms with Crippen molar-refractivity contribution in [3.05, 3.63) is 73.1 Å².